The van der Waals surface area contributed by atoms with E-state index in [1.807, 2.05) is 15.9 Å². The summed E-state index contributed by atoms with van der Waals surface area (Å²) in [7, 11) is 0. The Kier molecular flexibility index (Phi) is 4.46. The zero-order chi connectivity index (χ0) is 17.4. The molecule has 1 aliphatic carbocycles. The fourth-order valence-electron chi connectivity index (χ4n) is 4.30. The highest BCUT2D eigenvalue weighted by Crippen LogP contribution is 2.41. The highest BCUT2D eigenvalue weighted by molar-refractivity contribution is 5.92. The number of amides is 2. The monoisotopic (exact) mass is 342 g/mol. The summed E-state index contributed by atoms with van der Waals surface area (Å²) < 4.78 is 0. The third-order valence-corrected chi connectivity index (χ3v) is 5.97. The first kappa shape index (κ1) is 16.5. The lowest BCUT2D eigenvalue weighted by molar-refractivity contribution is -0.136. The average Bonchev–Trinajstić information content (AvgIpc) is 3.43. The molecule has 0 radical (unpaired) electrons. The van der Waals surface area contributed by atoms with Crippen LogP contribution < -0.4 is 5.73 Å². The van der Waals surface area contributed by atoms with E-state index in [0.717, 1.165) is 25.3 Å². The van der Waals surface area contributed by atoms with Crippen LogP contribution >= 0.6 is 0 Å². The maximum absolute atomic E-state index is 12.8. The van der Waals surface area contributed by atoms with Crippen LogP contribution in [0, 0.1) is 17.8 Å². The summed E-state index contributed by atoms with van der Waals surface area (Å²) >= 11 is 0. The molecule has 1 saturated carbocycles. The van der Waals surface area contributed by atoms with Crippen molar-refractivity contribution in [1.29, 1.82) is 0 Å². The van der Waals surface area contributed by atoms with Crippen molar-refractivity contribution in [1.82, 2.24) is 14.8 Å². The van der Waals surface area contributed by atoms with Gasteiger partial charge in [-0.05, 0) is 49.7 Å². The molecule has 1 aromatic rings. The predicted molar refractivity (Wildman–Crippen MR) is 93.6 cm³/mol. The molecule has 6 heteroatoms. The lowest BCUT2D eigenvalue weighted by Crippen LogP contribution is -2.44. The number of piperidine rings is 1. The Morgan fingerprint density at radius 2 is 1.80 bits per heavy atom. The molecule has 3 aliphatic rings. The minimum Gasteiger partial charge on any atom is -0.341 e. The van der Waals surface area contributed by atoms with E-state index in [9.17, 15) is 9.59 Å². The van der Waals surface area contributed by atoms with Gasteiger partial charge >= 0.3 is 0 Å². The highest BCUT2D eigenvalue weighted by Gasteiger charge is 2.43. The van der Waals surface area contributed by atoms with Crippen molar-refractivity contribution in [3.05, 3.63) is 30.1 Å². The molecule has 3 fully saturated rings. The second-order valence-corrected chi connectivity index (χ2v) is 7.69. The lowest BCUT2D eigenvalue weighted by Gasteiger charge is -2.33. The van der Waals surface area contributed by atoms with Crippen LogP contribution in [0.2, 0.25) is 0 Å². The Labute approximate surface area is 148 Å². The zero-order valence-electron chi connectivity index (χ0n) is 14.5. The van der Waals surface area contributed by atoms with E-state index >= 15 is 0 Å². The quantitative estimate of drug-likeness (QED) is 0.893. The van der Waals surface area contributed by atoms with Crippen LogP contribution in [0.3, 0.4) is 0 Å². The number of pyridine rings is 1. The van der Waals surface area contributed by atoms with Gasteiger partial charge in [-0.3, -0.25) is 14.6 Å². The molecular formula is C19H26N4O2. The van der Waals surface area contributed by atoms with E-state index in [2.05, 4.69) is 4.98 Å². The normalized spacial score (nSPS) is 27.6. The van der Waals surface area contributed by atoms with Crippen LogP contribution in [-0.4, -0.2) is 58.8 Å². The van der Waals surface area contributed by atoms with Gasteiger partial charge in [0.2, 0.25) is 5.91 Å². The first-order valence-electron chi connectivity index (χ1n) is 9.38. The van der Waals surface area contributed by atoms with Crippen LogP contribution in [0.1, 0.15) is 36.2 Å². The molecule has 2 N–H and O–H groups in total. The van der Waals surface area contributed by atoms with Gasteiger partial charge in [0, 0.05) is 44.3 Å². The molecule has 0 aromatic carbocycles. The molecule has 6 nitrogen and oxygen atoms in total. The summed E-state index contributed by atoms with van der Waals surface area (Å²) in [6.07, 6.45) is 5.65. The molecule has 2 amide bonds. The first-order valence-corrected chi connectivity index (χ1v) is 9.38. The van der Waals surface area contributed by atoms with Gasteiger partial charge in [0.15, 0.2) is 0 Å². The van der Waals surface area contributed by atoms with E-state index < -0.39 is 0 Å². The third-order valence-electron chi connectivity index (χ3n) is 5.97. The van der Waals surface area contributed by atoms with Crippen molar-refractivity contribution in [2.24, 2.45) is 23.5 Å². The predicted octanol–water partition coefficient (Wildman–Crippen LogP) is 1.13. The summed E-state index contributed by atoms with van der Waals surface area (Å²) in [5, 5.41) is 0. The molecule has 4 rings (SSSR count). The van der Waals surface area contributed by atoms with Crippen LogP contribution in [0.4, 0.5) is 0 Å². The topological polar surface area (TPSA) is 79.5 Å². The standard InChI is InChI=1S/C19H26N4O2/c20-16-12-23(11-15(16)13-4-5-13)18(24)14-6-9-22(10-7-14)19(25)17-3-1-2-8-21-17/h1-3,8,13-16H,4-7,9-12,20H2/t15-,16+/m0/s1. The summed E-state index contributed by atoms with van der Waals surface area (Å²) in [5.41, 5.74) is 6.73. The van der Waals surface area contributed by atoms with Gasteiger partial charge in [0.1, 0.15) is 5.69 Å². The third kappa shape index (κ3) is 3.40. The Hall–Kier alpha value is -1.95. The fraction of sp³-hybridized carbons (Fsp3) is 0.632. The molecule has 1 aromatic heterocycles. The van der Waals surface area contributed by atoms with Crippen LogP contribution in [-0.2, 0) is 4.79 Å². The molecule has 0 spiro atoms. The van der Waals surface area contributed by atoms with Gasteiger partial charge in [-0.2, -0.15) is 0 Å². The average molecular weight is 342 g/mol. The SMILES string of the molecule is N[C@@H]1CN(C(=O)C2CCN(C(=O)c3ccccn3)CC2)C[C@H]1C1CC1. The molecule has 0 unspecified atom stereocenters. The van der Waals surface area contributed by atoms with E-state index in [0.29, 0.717) is 31.2 Å². The Bertz CT molecular complexity index is 638. The van der Waals surface area contributed by atoms with Gasteiger partial charge < -0.3 is 15.5 Å². The molecule has 2 atom stereocenters. The Morgan fingerprint density at radius 3 is 2.44 bits per heavy atom. The second kappa shape index (κ2) is 6.75. The fourth-order valence-corrected chi connectivity index (χ4v) is 4.30. The summed E-state index contributed by atoms with van der Waals surface area (Å²) in [5.74, 6) is 1.46. The van der Waals surface area contributed by atoms with Crippen molar-refractivity contribution >= 4 is 11.8 Å². The van der Waals surface area contributed by atoms with Gasteiger partial charge in [-0.1, -0.05) is 6.07 Å². The molecular weight excluding hydrogens is 316 g/mol. The van der Waals surface area contributed by atoms with Gasteiger partial charge in [0.05, 0.1) is 0 Å². The molecule has 134 valence electrons. The van der Waals surface area contributed by atoms with Crippen molar-refractivity contribution in [3.8, 4) is 0 Å². The van der Waals surface area contributed by atoms with E-state index in [1.54, 1.807) is 18.3 Å². The Balaban J connectivity index is 1.31. The van der Waals surface area contributed by atoms with Gasteiger partial charge in [0.25, 0.3) is 5.91 Å². The number of hydrogen-bond donors (Lipinski definition) is 1. The van der Waals surface area contributed by atoms with Crippen molar-refractivity contribution in [2.75, 3.05) is 26.2 Å². The lowest BCUT2D eigenvalue weighted by atomic mass is 9.95. The minimum absolute atomic E-state index is 0.0259. The number of nitrogens with zero attached hydrogens (tertiary/aromatic N) is 3. The largest absolute Gasteiger partial charge is 0.341 e. The summed E-state index contributed by atoms with van der Waals surface area (Å²) in [6.45, 7) is 2.78. The van der Waals surface area contributed by atoms with Crippen molar-refractivity contribution in [3.63, 3.8) is 0 Å². The number of nitrogens with two attached hydrogens (primary N) is 1. The number of likely N-dealkylation sites (tertiary alicyclic amines) is 2. The maximum Gasteiger partial charge on any atom is 0.272 e. The molecule has 0 bridgehead atoms. The maximum atomic E-state index is 12.8. The molecule has 3 heterocycles. The van der Waals surface area contributed by atoms with E-state index in [-0.39, 0.29) is 23.8 Å². The van der Waals surface area contributed by atoms with Crippen LogP contribution in [0.25, 0.3) is 0 Å². The number of carbonyl (C=O) groups excluding carboxylic acids is 2. The summed E-state index contributed by atoms with van der Waals surface area (Å²) in [4.78, 5) is 33.2. The molecule has 2 saturated heterocycles. The number of carbonyl (C=O) groups is 2. The van der Waals surface area contributed by atoms with Crippen molar-refractivity contribution < 1.29 is 9.59 Å². The number of rotatable bonds is 3. The number of aromatic nitrogens is 1. The highest BCUT2D eigenvalue weighted by atomic mass is 16.2. The second-order valence-electron chi connectivity index (χ2n) is 7.69. The van der Waals surface area contributed by atoms with Gasteiger partial charge in [-0.25, -0.2) is 0 Å². The summed E-state index contributed by atoms with van der Waals surface area (Å²) in [6, 6.07) is 5.51. The smallest absolute Gasteiger partial charge is 0.272 e. The Morgan fingerprint density at radius 1 is 1.04 bits per heavy atom. The zero-order valence-corrected chi connectivity index (χ0v) is 14.5. The first-order chi connectivity index (χ1) is 12.1. The van der Waals surface area contributed by atoms with Gasteiger partial charge in [-0.15, -0.1) is 0 Å². The van der Waals surface area contributed by atoms with Crippen LogP contribution in [0.15, 0.2) is 24.4 Å². The van der Waals surface area contributed by atoms with E-state index in [4.69, 9.17) is 5.73 Å². The minimum atomic E-state index is -0.0384. The number of hydrogen-bond acceptors (Lipinski definition) is 4. The van der Waals surface area contributed by atoms with E-state index in [1.165, 1.54) is 12.8 Å². The molecule has 2 aliphatic heterocycles. The van der Waals surface area contributed by atoms with Crippen LogP contribution in [0.5, 0.6) is 0 Å². The molecule has 25 heavy (non-hydrogen) atoms. The van der Waals surface area contributed by atoms with Crippen molar-refractivity contribution in [2.45, 2.75) is 31.7 Å².